The first-order chi connectivity index (χ1) is 6.79. The number of hydrogen-bond donors (Lipinski definition) is 1. The van der Waals surface area contributed by atoms with Gasteiger partial charge >= 0.3 is 0 Å². The van der Waals surface area contributed by atoms with Crippen molar-refractivity contribution >= 4 is 5.84 Å². The van der Waals surface area contributed by atoms with Crippen molar-refractivity contribution in [2.24, 2.45) is 16.8 Å². The van der Waals surface area contributed by atoms with Crippen LogP contribution >= 0.6 is 0 Å². The second kappa shape index (κ2) is 3.23. The normalized spacial score (nSPS) is 37.5. The third kappa shape index (κ3) is 2.19. The minimum atomic E-state index is 0.145. The molecule has 2 heteroatoms. The summed E-state index contributed by atoms with van der Waals surface area (Å²) in [6.45, 7) is 11.4. The highest BCUT2D eigenvalue weighted by Crippen LogP contribution is 2.37. The summed E-state index contributed by atoms with van der Waals surface area (Å²) in [6.07, 6.45) is 3.79. The van der Waals surface area contributed by atoms with E-state index in [1.807, 2.05) is 0 Å². The van der Waals surface area contributed by atoms with E-state index in [1.54, 1.807) is 0 Å². The van der Waals surface area contributed by atoms with E-state index >= 15 is 0 Å². The fourth-order valence-corrected chi connectivity index (χ4v) is 3.13. The molecule has 0 aromatic heterocycles. The monoisotopic (exact) mass is 208 g/mol. The number of rotatable bonds is 0. The number of piperidine rings is 1. The molecule has 86 valence electrons. The Balaban J connectivity index is 2.27. The number of nitrogens with one attached hydrogen (secondary N) is 1. The zero-order valence-corrected chi connectivity index (χ0v) is 10.7. The van der Waals surface area contributed by atoms with Crippen molar-refractivity contribution in [2.45, 2.75) is 65.0 Å². The van der Waals surface area contributed by atoms with Crippen LogP contribution in [0.25, 0.3) is 0 Å². The van der Waals surface area contributed by atoms with Crippen molar-refractivity contribution in [1.82, 2.24) is 5.32 Å². The van der Waals surface area contributed by atoms with Crippen LogP contribution < -0.4 is 5.32 Å². The van der Waals surface area contributed by atoms with Gasteiger partial charge in [-0.1, -0.05) is 6.92 Å². The molecule has 0 bridgehead atoms. The lowest BCUT2D eigenvalue weighted by Gasteiger charge is -2.46. The Morgan fingerprint density at radius 3 is 2.60 bits per heavy atom. The van der Waals surface area contributed by atoms with Gasteiger partial charge in [0.05, 0.1) is 5.54 Å². The summed E-state index contributed by atoms with van der Waals surface area (Å²) in [7, 11) is 0. The maximum atomic E-state index is 4.89. The van der Waals surface area contributed by atoms with Crippen LogP contribution in [0.4, 0.5) is 0 Å². The lowest BCUT2D eigenvalue weighted by molar-refractivity contribution is 0.227. The lowest BCUT2D eigenvalue weighted by Crippen LogP contribution is -2.56. The van der Waals surface area contributed by atoms with Crippen LogP contribution in [-0.4, -0.2) is 16.9 Å². The minimum absolute atomic E-state index is 0.145. The Kier molecular flexibility index (Phi) is 2.36. The molecule has 0 amide bonds. The zero-order chi connectivity index (χ0) is 11.3. The second-order valence-electron chi connectivity index (χ2n) is 6.64. The molecular formula is C13H24N2. The van der Waals surface area contributed by atoms with Gasteiger partial charge in [0.15, 0.2) is 0 Å². The van der Waals surface area contributed by atoms with Gasteiger partial charge in [-0.3, -0.25) is 4.99 Å². The number of nitrogens with zero attached hydrogens (tertiary/aromatic N) is 1. The van der Waals surface area contributed by atoms with Crippen LogP contribution in [0.2, 0.25) is 0 Å². The van der Waals surface area contributed by atoms with Crippen LogP contribution in [0.3, 0.4) is 0 Å². The highest BCUT2D eigenvalue weighted by atomic mass is 15.1. The molecule has 15 heavy (non-hydrogen) atoms. The van der Waals surface area contributed by atoms with Gasteiger partial charge in [-0.15, -0.1) is 0 Å². The molecule has 0 aliphatic carbocycles. The van der Waals surface area contributed by atoms with Gasteiger partial charge in [-0.05, 0) is 52.9 Å². The van der Waals surface area contributed by atoms with Crippen molar-refractivity contribution in [1.29, 1.82) is 0 Å². The van der Waals surface area contributed by atoms with Crippen LogP contribution in [0.1, 0.15) is 53.9 Å². The van der Waals surface area contributed by atoms with E-state index in [9.17, 15) is 0 Å². The van der Waals surface area contributed by atoms with Crippen molar-refractivity contribution in [3.8, 4) is 0 Å². The summed E-state index contributed by atoms with van der Waals surface area (Å²) in [6, 6.07) is 0. The molecule has 0 unspecified atom stereocenters. The Bertz CT molecular complexity index is 289. The van der Waals surface area contributed by atoms with Crippen molar-refractivity contribution in [3.63, 3.8) is 0 Å². The molecule has 0 spiro atoms. The standard InChI is InChI=1S/C13H24N2/c1-9-8-13(4,5)15-11-10(9)6-7-12(2,3)14-11/h9-10H,6-8H2,1-5H3,(H,14,15)/t9-,10-/m0/s1. The Hall–Kier alpha value is -0.530. The number of fused-ring (bicyclic) bond motifs is 1. The molecule has 2 nitrogen and oxygen atoms in total. The second-order valence-corrected chi connectivity index (χ2v) is 6.64. The quantitative estimate of drug-likeness (QED) is 0.650. The highest BCUT2D eigenvalue weighted by molar-refractivity contribution is 5.87. The van der Waals surface area contributed by atoms with E-state index in [0.717, 1.165) is 5.92 Å². The first kappa shape index (κ1) is 11.0. The van der Waals surface area contributed by atoms with E-state index in [-0.39, 0.29) is 11.1 Å². The summed E-state index contributed by atoms with van der Waals surface area (Å²) in [5.41, 5.74) is 0.369. The lowest BCUT2D eigenvalue weighted by atomic mass is 9.73. The molecule has 0 aromatic rings. The molecule has 2 aliphatic rings. The zero-order valence-electron chi connectivity index (χ0n) is 10.7. The Labute approximate surface area is 93.6 Å². The predicted molar refractivity (Wildman–Crippen MR) is 65.2 cm³/mol. The van der Waals surface area contributed by atoms with Crippen molar-refractivity contribution < 1.29 is 0 Å². The summed E-state index contributed by atoms with van der Waals surface area (Å²) < 4.78 is 0. The van der Waals surface area contributed by atoms with Gasteiger partial charge in [0, 0.05) is 11.5 Å². The average molecular weight is 208 g/mol. The third-order valence-electron chi connectivity index (χ3n) is 3.83. The third-order valence-corrected chi connectivity index (χ3v) is 3.83. The average Bonchev–Trinajstić information content (AvgIpc) is 1.97. The summed E-state index contributed by atoms with van der Waals surface area (Å²) in [5.74, 6) is 2.73. The molecule has 0 saturated carbocycles. The molecular weight excluding hydrogens is 184 g/mol. The predicted octanol–water partition coefficient (Wildman–Crippen LogP) is 2.98. The van der Waals surface area contributed by atoms with E-state index in [4.69, 9.17) is 4.99 Å². The van der Waals surface area contributed by atoms with E-state index in [1.165, 1.54) is 25.1 Å². The van der Waals surface area contributed by atoms with Gasteiger partial charge in [-0.2, -0.15) is 0 Å². The van der Waals surface area contributed by atoms with E-state index in [0.29, 0.717) is 5.92 Å². The van der Waals surface area contributed by atoms with E-state index < -0.39 is 0 Å². The summed E-state index contributed by atoms with van der Waals surface area (Å²) in [5, 5.41) is 3.63. The molecule has 0 aromatic carbocycles. The molecule has 1 fully saturated rings. The van der Waals surface area contributed by atoms with Gasteiger partial charge < -0.3 is 5.32 Å². The largest absolute Gasteiger partial charge is 0.369 e. The highest BCUT2D eigenvalue weighted by Gasteiger charge is 2.40. The molecule has 0 radical (unpaired) electrons. The van der Waals surface area contributed by atoms with Crippen LogP contribution in [0.5, 0.6) is 0 Å². The first-order valence-electron chi connectivity index (χ1n) is 6.17. The molecule has 2 aliphatic heterocycles. The van der Waals surface area contributed by atoms with Crippen LogP contribution in [0, 0.1) is 11.8 Å². The fraction of sp³-hybridized carbons (Fsp3) is 0.923. The molecule has 1 saturated heterocycles. The maximum absolute atomic E-state index is 4.89. The Morgan fingerprint density at radius 2 is 1.93 bits per heavy atom. The smallest absolute Gasteiger partial charge is 0.101 e. The summed E-state index contributed by atoms with van der Waals surface area (Å²) in [4.78, 5) is 4.89. The molecule has 2 atom stereocenters. The number of aliphatic imine (C=N–C) groups is 1. The van der Waals surface area contributed by atoms with Crippen LogP contribution in [-0.2, 0) is 0 Å². The van der Waals surface area contributed by atoms with Gasteiger partial charge in [0.2, 0.25) is 0 Å². The van der Waals surface area contributed by atoms with Crippen molar-refractivity contribution in [2.75, 3.05) is 0 Å². The molecule has 2 rings (SSSR count). The molecule has 2 heterocycles. The fourth-order valence-electron chi connectivity index (χ4n) is 3.13. The number of amidine groups is 1. The molecule has 1 N–H and O–H groups in total. The van der Waals surface area contributed by atoms with E-state index in [2.05, 4.69) is 39.9 Å². The minimum Gasteiger partial charge on any atom is -0.369 e. The SMILES string of the molecule is C[C@H]1CC(C)(C)NC2=NC(C)(C)CC[C@H]21. The topological polar surface area (TPSA) is 24.4 Å². The Morgan fingerprint density at radius 1 is 1.27 bits per heavy atom. The van der Waals surface area contributed by atoms with Crippen molar-refractivity contribution in [3.05, 3.63) is 0 Å². The first-order valence-corrected chi connectivity index (χ1v) is 6.17. The van der Waals surface area contributed by atoms with Crippen LogP contribution in [0.15, 0.2) is 4.99 Å². The van der Waals surface area contributed by atoms with Gasteiger partial charge in [0.25, 0.3) is 0 Å². The maximum Gasteiger partial charge on any atom is 0.101 e. The number of hydrogen-bond acceptors (Lipinski definition) is 2. The summed E-state index contributed by atoms with van der Waals surface area (Å²) >= 11 is 0. The van der Waals surface area contributed by atoms with Gasteiger partial charge in [0.1, 0.15) is 5.84 Å². The van der Waals surface area contributed by atoms with Gasteiger partial charge in [-0.25, -0.2) is 0 Å².